The molecule has 1 aromatic heterocycles. The molecule has 0 aliphatic heterocycles. The van der Waals surface area contributed by atoms with Crippen LogP contribution in [0.3, 0.4) is 0 Å². The molecule has 1 heterocycles. The molecule has 0 saturated carbocycles. The second-order valence-electron chi connectivity index (χ2n) is 15.0. The van der Waals surface area contributed by atoms with Crippen LogP contribution in [0.4, 0.5) is 11.4 Å². The minimum atomic E-state index is 0.168. The lowest BCUT2D eigenvalue weighted by molar-refractivity contribution is 0.872. The fraction of sp³-hybridized carbons (Fsp3) is 0.0556. The van der Waals surface area contributed by atoms with E-state index in [0.717, 1.165) is 88.3 Å². The van der Waals surface area contributed by atoms with E-state index in [1.165, 1.54) is 0 Å². The molecule has 0 radical (unpaired) electrons. The highest BCUT2D eigenvalue weighted by atomic mass is 15.0. The Morgan fingerprint density at radius 2 is 1.00 bits per heavy atom. The molecule has 8 aromatic carbocycles. The van der Waals surface area contributed by atoms with Crippen molar-refractivity contribution in [3.8, 4) is 68.4 Å². The van der Waals surface area contributed by atoms with Crippen molar-refractivity contribution >= 4 is 44.0 Å². The van der Waals surface area contributed by atoms with Crippen LogP contribution >= 0.6 is 0 Å². The summed E-state index contributed by atoms with van der Waals surface area (Å²) in [5.41, 5.74) is 13.8. The number of hydrogen-bond acceptors (Lipinski definition) is 3. The first-order chi connectivity index (χ1) is 29.3. The van der Waals surface area contributed by atoms with Crippen molar-refractivity contribution in [2.75, 3.05) is 0 Å². The standard InChI is InChI=1S/C54H32N6/c1-33(2)54-38(32-57)16-19-46-44(13-9-14-48(46)54)43-10-5-6-11-45(43)47-12-7-8-15-51(47)60-52-20-17-36(39-22-34(30-55)24-41(26-39)58-3)28-49(52)50-29-37(18-21-53(50)60)40-23-35(31-56)25-42(27-40)59-4/h5-29,33H,1-2H3. The molecule has 0 fully saturated rings. The average Bonchev–Trinajstić information content (AvgIpc) is 3.63. The van der Waals surface area contributed by atoms with E-state index >= 15 is 0 Å². The first kappa shape index (κ1) is 36.9. The van der Waals surface area contributed by atoms with Crippen LogP contribution in [0, 0.1) is 47.1 Å². The van der Waals surface area contributed by atoms with Gasteiger partial charge in [0.25, 0.3) is 0 Å². The summed E-state index contributed by atoms with van der Waals surface area (Å²) in [4.78, 5) is 7.27. The van der Waals surface area contributed by atoms with Gasteiger partial charge in [-0.3, -0.25) is 0 Å². The van der Waals surface area contributed by atoms with E-state index in [2.05, 4.69) is 143 Å². The third-order valence-electron chi connectivity index (χ3n) is 11.2. The zero-order valence-corrected chi connectivity index (χ0v) is 32.7. The highest BCUT2D eigenvalue weighted by Crippen LogP contribution is 2.44. The fourth-order valence-corrected chi connectivity index (χ4v) is 8.64. The molecule has 0 bridgehead atoms. The van der Waals surface area contributed by atoms with Crippen molar-refractivity contribution < 1.29 is 0 Å². The molecule has 0 unspecified atom stereocenters. The lowest BCUT2D eigenvalue weighted by Gasteiger charge is -2.19. The minimum absolute atomic E-state index is 0.168. The molecule has 9 rings (SSSR count). The molecule has 60 heavy (non-hydrogen) atoms. The molecule has 0 amide bonds. The van der Waals surface area contributed by atoms with Crippen molar-refractivity contribution in [2.45, 2.75) is 19.8 Å². The van der Waals surface area contributed by atoms with Gasteiger partial charge < -0.3 is 4.57 Å². The largest absolute Gasteiger partial charge is 0.309 e. The predicted molar refractivity (Wildman–Crippen MR) is 241 cm³/mol. The van der Waals surface area contributed by atoms with Crippen molar-refractivity contribution in [3.63, 3.8) is 0 Å². The summed E-state index contributed by atoms with van der Waals surface area (Å²) in [6.45, 7) is 19.6. The number of aromatic nitrogens is 1. The number of benzene rings is 8. The number of nitriles is 3. The monoisotopic (exact) mass is 764 g/mol. The SMILES string of the molecule is [C-]#[N+]c1cc(C#N)cc(-c2ccc3c(c2)c2cc(-c4cc(C#N)cc([N+]#[C-])c4)ccc2n3-c2ccccc2-c2ccccc2-c2cccc3c(C(C)C)c(C#N)ccc23)c1. The van der Waals surface area contributed by atoms with Gasteiger partial charge in [-0.05, 0) is 134 Å². The van der Waals surface area contributed by atoms with Crippen LogP contribution in [0.25, 0.3) is 92.5 Å². The summed E-state index contributed by atoms with van der Waals surface area (Å²) in [5.74, 6) is 0.168. The van der Waals surface area contributed by atoms with E-state index in [4.69, 9.17) is 13.1 Å². The zero-order valence-electron chi connectivity index (χ0n) is 32.7. The molecule has 0 saturated heterocycles. The van der Waals surface area contributed by atoms with Crippen LogP contribution in [-0.4, -0.2) is 4.57 Å². The van der Waals surface area contributed by atoms with Crippen LogP contribution in [0.15, 0.2) is 152 Å². The Bertz CT molecular complexity index is 3280. The number of nitrogens with zero attached hydrogens (tertiary/aromatic N) is 6. The summed E-state index contributed by atoms with van der Waals surface area (Å²) in [6, 6.07) is 57.0. The Balaban J connectivity index is 1.31. The fourth-order valence-electron chi connectivity index (χ4n) is 8.64. The molecule has 278 valence electrons. The second kappa shape index (κ2) is 15.0. The molecule has 9 aromatic rings. The lowest BCUT2D eigenvalue weighted by atomic mass is 9.86. The molecule has 0 spiro atoms. The first-order valence-corrected chi connectivity index (χ1v) is 19.4. The number of hydrogen-bond donors (Lipinski definition) is 0. The Morgan fingerprint density at radius 1 is 0.467 bits per heavy atom. The Morgan fingerprint density at radius 3 is 1.53 bits per heavy atom. The molecular formula is C54H32N6. The van der Waals surface area contributed by atoms with Gasteiger partial charge in [0.1, 0.15) is 0 Å². The number of rotatable bonds is 6. The maximum absolute atomic E-state index is 10.0. The Hall–Kier alpha value is -8.73. The number of para-hydroxylation sites is 1. The molecule has 0 atom stereocenters. The molecule has 6 nitrogen and oxygen atoms in total. The minimum Gasteiger partial charge on any atom is -0.309 e. The van der Waals surface area contributed by atoms with Crippen LogP contribution in [-0.2, 0) is 0 Å². The molecule has 0 aliphatic carbocycles. The van der Waals surface area contributed by atoms with Gasteiger partial charge in [0.15, 0.2) is 11.4 Å². The highest BCUT2D eigenvalue weighted by Gasteiger charge is 2.21. The van der Waals surface area contributed by atoms with Gasteiger partial charge in [0, 0.05) is 27.5 Å². The van der Waals surface area contributed by atoms with E-state index in [-0.39, 0.29) is 5.92 Å². The third-order valence-corrected chi connectivity index (χ3v) is 11.2. The Kier molecular flexibility index (Phi) is 9.21. The third kappa shape index (κ3) is 6.18. The van der Waals surface area contributed by atoms with Crippen molar-refractivity contribution in [3.05, 3.63) is 197 Å². The quantitative estimate of drug-likeness (QED) is 0.158. The predicted octanol–water partition coefficient (Wildman–Crippen LogP) is 14.4. The van der Waals surface area contributed by atoms with Crippen LogP contribution in [0.1, 0.15) is 42.0 Å². The summed E-state index contributed by atoms with van der Waals surface area (Å²) < 4.78 is 2.29. The first-order valence-electron chi connectivity index (χ1n) is 19.4. The summed E-state index contributed by atoms with van der Waals surface area (Å²) in [6.07, 6.45) is 0. The Labute approximate surface area is 347 Å². The summed E-state index contributed by atoms with van der Waals surface area (Å²) in [5, 5.41) is 33.7. The molecule has 6 heteroatoms. The topological polar surface area (TPSA) is 85.0 Å². The van der Waals surface area contributed by atoms with Gasteiger partial charge in [-0.25, -0.2) is 9.69 Å². The van der Waals surface area contributed by atoms with Crippen LogP contribution in [0.2, 0.25) is 0 Å². The lowest BCUT2D eigenvalue weighted by Crippen LogP contribution is -1.99. The second-order valence-corrected chi connectivity index (χ2v) is 15.0. The van der Waals surface area contributed by atoms with Gasteiger partial charge in [-0.2, -0.15) is 15.8 Å². The normalized spacial score (nSPS) is 10.9. The van der Waals surface area contributed by atoms with Crippen LogP contribution < -0.4 is 0 Å². The van der Waals surface area contributed by atoms with E-state index in [1.807, 2.05) is 42.5 Å². The molecule has 0 N–H and O–H groups in total. The molecular weight excluding hydrogens is 733 g/mol. The smallest absolute Gasteiger partial charge is 0.189 e. The summed E-state index contributed by atoms with van der Waals surface area (Å²) >= 11 is 0. The van der Waals surface area contributed by atoms with E-state index in [9.17, 15) is 15.8 Å². The van der Waals surface area contributed by atoms with Crippen molar-refractivity contribution in [2.24, 2.45) is 0 Å². The van der Waals surface area contributed by atoms with E-state index in [1.54, 1.807) is 12.1 Å². The van der Waals surface area contributed by atoms with Gasteiger partial charge in [-0.1, -0.05) is 92.7 Å². The maximum Gasteiger partial charge on any atom is 0.189 e. The van der Waals surface area contributed by atoms with Gasteiger partial charge in [0.05, 0.1) is 53.6 Å². The maximum atomic E-state index is 10.0. The van der Waals surface area contributed by atoms with E-state index in [0.29, 0.717) is 28.1 Å². The highest BCUT2D eigenvalue weighted by molar-refractivity contribution is 6.12. The van der Waals surface area contributed by atoms with Gasteiger partial charge in [0.2, 0.25) is 0 Å². The average molecular weight is 765 g/mol. The number of fused-ring (bicyclic) bond motifs is 4. The van der Waals surface area contributed by atoms with E-state index < -0.39 is 0 Å². The zero-order chi connectivity index (χ0) is 41.5. The van der Waals surface area contributed by atoms with Crippen molar-refractivity contribution in [1.82, 2.24) is 4.57 Å². The summed E-state index contributed by atoms with van der Waals surface area (Å²) in [7, 11) is 0. The van der Waals surface area contributed by atoms with Crippen molar-refractivity contribution in [1.29, 1.82) is 15.8 Å². The molecule has 0 aliphatic rings. The van der Waals surface area contributed by atoms with Gasteiger partial charge in [-0.15, -0.1) is 0 Å². The van der Waals surface area contributed by atoms with Crippen LogP contribution in [0.5, 0.6) is 0 Å². The van der Waals surface area contributed by atoms with Gasteiger partial charge >= 0.3 is 0 Å².